The van der Waals surface area contributed by atoms with Crippen LogP contribution in [0.15, 0.2) is 237 Å². The van der Waals surface area contributed by atoms with Crippen LogP contribution in [-0.4, -0.2) is 4.68 Å². The van der Waals surface area contributed by atoms with Crippen molar-refractivity contribution < 1.29 is 0 Å². The third-order valence-electron chi connectivity index (χ3n) is 11.8. The molecule has 0 amide bonds. The summed E-state index contributed by atoms with van der Waals surface area (Å²) < 4.78 is 2.88. The molecular formula is C56H39N2+. The molecule has 2 heteroatoms. The minimum Gasteiger partial charge on any atom is -0.176 e. The van der Waals surface area contributed by atoms with Crippen LogP contribution in [0, 0.1) is 0 Å². The first-order valence-corrected chi connectivity index (χ1v) is 20.0. The Bertz CT molecular complexity index is 3150. The molecule has 0 aliphatic heterocycles. The van der Waals surface area contributed by atoms with Gasteiger partial charge in [0.2, 0.25) is 0 Å². The molecule has 11 aromatic rings. The lowest BCUT2D eigenvalue weighted by molar-refractivity contribution is 0.446. The van der Waals surface area contributed by atoms with Crippen LogP contribution in [0.5, 0.6) is 0 Å². The van der Waals surface area contributed by atoms with Crippen LogP contribution in [-0.2, 0) is 0 Å². The molecule has 0 saturated heterocycles. The van der Waals surface area contributed by atoms with Crippen LogP contribution in [0.1, 0.15) is 0 Å². The Morgan fingerprint density at radius 3 is 1.10 bits per heavy atom. The van der Waals surface area contributed by atoms with Crippen LogP contribution in [0.25, 0.3) is 76.7 Å². The quantitative estimate of drug-likeness (QED) is 0.113. The molecule has 0 aliphatic carbocycles. The highest BCUT2D eigenvalue weighted by Gasteiger charge is 2.41. The van der Waals surface area contributed by atoms with Gasteiger partial charge >= 0.3 is 0 Å². The fourth-order valence-electron chi connectivity index (χ4n) is 9.37. The van der Waals surface area contributed by atoms with E-state index < -0.39 is 0 Å². The first kappa shape index (κ1) is 33.8. The molecule has 2 nitrogen and oxygen atoms in total. The minimum atomic E-state index is 0.359. The fraction of sp³-hybridized carbons (Fsp3) is 0. The normalized spacial score (nSPS) is 11.8. The number of quaternary nitrogens is 1. The van der Waals surface area contributed by atoms with Gasteiger partial charge in [0.1, 0.15) is 11.0 Å². The molecule has 0 radical (unpaired) electrons. The maximum Gasteiger partial charge on any atom is 0.168 e. The van der Waals surface area contributed by atoms with Crippen molar-refractivity contribution in [1.29, 1.82) is 0 Å². The Morgan fingerprint density at radius 1 is 0.241 bits per heavy atom. The van der Waals surface area contributed by atoms with E-state index in [1.807, 2.05) is 0 Å². The summed E-state index contributed by atoms with van der Waals surface area (Å²) in [4.78, 5) is 0. The van der Waals surface area contributed by atoms with E-state index in [0.717, 1.165) is 17.1 Å². The summed E-state index contributed by atoms with van der Waals surface area (Å²) in [5, 5.41) is 7.48. The SMILES string of the molecule is c1ccc(-c2c3ccccc3c(-c3ccccc3)c3cc(-c4ccc([N+](c5ccccc5)(c5ccccc5)n5c6ccccc6c6ccccc65)cc4)ccc23)cc1. The third-order valence-corrected chi connectivity index (χ3v) is 11.8. The number of nitrogens with zero attached hydrogens (tertiary/aromatic N) is 2. The van der Waals surface area contributed by atoms with Gasteiger partial charge in [-0.2, -0.15) is 4.68 Å². The Kier molecular flexibility index (Phi) is 8.10. The highest BCUT2D eigenvalue weighted by atomic mass is 15.7. The van der Waals surface area contributed by atoms with Gasteiger partial charge in [-0.3, -0.25) is 0 Å². The number of benzene rings is 10. The molecule has 0 saturated carbocycles. The summed E-state index contributed by atoms with van der Waals surface area (Å²) in [5.74, 6) is 0. The topological polar surface area (TPSA) is 4.93 Å². The summed E-state index contributed by atoms with van der Waals surface area (Å²) >= 11 is 0. The van der Waals surface area contributed by atoms with E-state index in [1.54, 1.807) is 0 Å². The van der Waals surface area contributed by atoms with E-state index >= 15 is 0 Å². The largest absolute Gasteiger partial charge is 0.176 e. The zero-order valence-electron chi connectivity index (χ0n) is 31.9. The number of fused-ring (bicyclic) bond motifs is 5. The molecule has 0 N–H and O–H groups in total. The second-order valence-corrected chi connectivity index (χ2v) is 15.0. The molecule has 1 aromatic heterocycles. The lowest BCUT2D eigenvalue weighted by Crippen LogP contribution is -2.44. The van der Waals surface area contributed by atoms with Crippen molar-refractivity contribution >= 4 is 60.4 Å². The standard InChI is InChI=1S/C56H39N2/c1-5-19-41(20-6-1)55-49-29-13-14-30-50(49)56(42-21-7-2-8-22-42)52-39-43(35-38-51(52)55)40-33-36-46(37-34-40)58(44-23-9-3-10-24-44,45-25-11-4-12-26-45)57-53-31-17-15-27-47(53)48-28-16-18-32-54(48)57/h1-39H/q+1. The van der Waals surface area contributed by atoms with Crippen molar-refractivity contribution in [3.05, 3.63) is 237 Å². The van der Waals surface area contributed by atoms with Gasteiger partial charge in [0.05, 0.1) is 0 Å². The summed E-state index contributed by atoms with van der Waals surface area (Å²) in [6.07, 6.45) is 0. The van der Waals surface area contributed by atoms with Crippen molar-refractivity contribution in [2.24, 2.45) is 0 Å². The smallest absolute Gasteiger partial charge is 0.168 e. The summed E-state index contributed by atoms with van der Waals surface area (Å²) in [6, 6.07) is 86.4. The lowest BCUT2D eigenvalue weighted by Gasteiger charge is -2.38. The number of aromatic nitrogens is 1. The van der Waals surface area contributed by atoms with Crippen LogP contribution >= 0.6 is 0 Å². The highest BCUT2D eigenvalue weighted by molar-refractivity contribution is 6.22. The monoisotopic (exact) mass is 739 g/mol. The Labute approximate surface area is 338 Å². The number of hydrogen-bond donors (Lipinski definition) is 0. The molecule has 272 valence electrons. The third kappa shape index (κ3) is 5.24. The molecule has 0 atom stereocenters. The maximum atomic E-state index is 2.52. The molecule has 11 rings (SSSR count). The maximum absolute atomic E-state index is 2.52. The fourth-order valence-corrected chi connectivity index (χ4v) is 9.37. The molecule has 58 heavy (non-hydrogen) atoms. The van der Waals surface area contributed by atoms with Gasteiger partial charge < -0.3 is 0 Å². The average molecular weight is 740 g/mol. The van der Waals surface area contributed by atoms with Crippen molar-refractivity contribution in [1.82, 2.24) is 9.27 Å². The number of para-hydroxylation sites is 4. The van der Waals surface area contributed by atoms with Gasteiger partial charge in [-0.1, -0.05) is 170 Å². The predicted octanol–water partition coefficient (Wildman–Crippen LogP) is 15.5. The molecule has 0 fully saturated rings. The van der Waals surface area contributed by atoms with Crippen LogP contribution in [0.2, 0.25) is 0 Å². The van der Waals surface area contributed by atoms with Crippen LogP contribution in [0.3, 0.4) is 0 Å². The van der Waals surface area contributed by atoms with Gasteiger partial charge in [-0.25, -0.2) is 0 Å². The van der Waals surface area contributed by atoms with E-state index in [0.29, 0.717) is 4.59 Å². The summed E-state index contributed by atoms with van der Waals surface area (Å²) in [6.45, 7) is 0. The van der Waals surface area contributed by atoms with E-state index in [9.17, 15) is 0 Å². The Hall–Kier alpha value is -7.52. The average Bonchev–Trinajstić information content (AvgIpc) is 3.64. The van der Waals surface area contributed by atoms with E-state index in [2.05, 4.69) is 241 Å². The zero-order valence-corrected chi connectivity index (χ0v) is 31.9. The lowest BCUT2D eigenvalue weighted by atomic mass is 9.85. The van der Waals surface area contributed by atoms with Gasteiger partial charge in [-0.15, -0.1) is 4.59 Å². The first-order valence-electron chi connectivity index (χ1n) is 20.0. The van der Waals surface area contributed by atoms with Crippen molar-refractivity contribution in [3.8, 4) is 33.4 Å². The van der Waals surface area contributed by atoms with E-state index in [1.165, 1.54) is 76.7 Å². The van der Waals surface area contributed by atoms with Gasteiger partial charge in [0.25, 0.3) is 0 Å². The second-order valence-electron chi connectivity index (χ2n) is 15.0. The van der Waals surface area contributed by atoms with Crippen LogP contribution < -0.4 is 4.59 Å². The highest BCUT2D eigenvalue weighted by Crippen LogP contribution is 2.49. The Morgan fingerprint density at radius 2 is 0.603 bits per heavy atom. The van der Waals surface area contributed by atoms with E-state index in [-0.39, 0.29) is 0 Å². The first-order chi connectivity index (χ1) is 28.8. The molecule has 0 spiro atoms. The second kappa shape index (κ2) is 13.9. The summed E-state index contributed by atoms with van der Waals surface area (Å²) in [5.41, 5.74) is 13.1. The predicted molar refractivity (Wildman–Crippen MR) is 247 cm³/mol. The van der Waals surface area contributed by atoms with E-state index in [4.69, 9.17) is 0 Å². The van der Waals surface area contributed by atoms with Gasteiger partial charge in [-0.05, 0) is 85.3 Å². The van der Waals surface area contributed by atoms with Crippen molar-refractivity contribution in [3.63, 3.8) is 0 Å². The van der Waals surface area contributed by atoms with Crippen molar-refractivity contribution in [2.75, 3.05) is 0 Å². The van der Waals surface area contributed by atoms with Gasteiger partial charge in [0, 0.05) is 47.2 Å². The number of rotatable bonds is 7. The molecule has 0 aliphatic rings. The van der Waals surface area contributed by atoms with Crippen LogP contribution in [0.4, 0.5) is 17.1 Å². The molecule has 1 heterocycles. The zero-order chi connectivity index (χ0) is 38.5. The Balaban J connectivity index is 1.17. The molecule has 0 bridgehead atoms. The minimum absolute atomic E-state index is 0.359. The summed E-state index contributed by atoms with van der Waals surface area (Å²) in [7, 11) is 0. The van der Waals surface area contributed by atoms with Gasteiger partial charge in [0.15, 0.2) is 17.1 Å². The number of hydrogen-bond acceptors (Lipinski definition) is 0. The molecule has 10 aromatic carbocycles. The molecular weight excluding hydrogens is 701 g/mol. The van der Waals surface area contributed by atoms with Crippen molar-refractivity contribution in [2.45, 2.75) is 0 Å². The molecule has 0 unspecified atom stereocenters.